The smallest absolute Gasteiger partial charge is 0.475 e. The fourth-order valence-electron chi connectivity index (χ4n) is 4.72. The van der Waals surface area contributed by atoms with Gasteiger partial charge in [0.15, 0.2) is 5.65 Å². The van der Waals surface area contributed by atoms with Gasteiger partial charge in [-0.15, -0.1) is 0 Å². The number of carboxylic acids is 1. The van der Waals surface area contributed by atoms with E-state index in [1.807, 2.05) is 13.8 Å². The highest BCUT2D eigenvalue weighted by Gasteiger charge is 2.42. The summed E-state index contributed by atoms with van der Waals surface area (Å²) >= 11 is 0. The van der Waals surface area contributed by atoms with E-state index in [0.29, 0.717) is 30.0 Å². The van der Waals surface area contributed by atoms with E-state index >= 15 is 0 Å². The summed E-state index contributed by atoms with van der Waals surface area (Å²) in [5.41, 5.74) is 0.329. The monoisotopic (exact) mass is 472 g/mol. The Morgan fingerprint density at radius 3 is 2.03 bits per heavy atom. The van der Waals surface area contributed by atoms with Gasteiger partial charge in [-0.1, -0.05) is 13.8 Å². The second kappa shape index (κ2) is 9.52. The molecule has 0 aromatic carbocycles. The molecule has 2 aromatic heterocycles. The van der Waals surface area contributed by atoms with Crippen LogP contribution in [0.2, 0.25) is 0 Å². The Kier molecular flexibility index (Phi) is 7.13. The third kappa shape index (κ3) is 4.88. The Morgan fingerprint density at radius 2 is 1.55 bits per heavy atom. The maximum absolute atomic E-state index is 12.8. The molecule has 0 spiro atoms. The first-order valence-electron chi connectivity index (χ1n) is 11.1. The van der Waals surface area contributed by atoms with E-state index in [4.69, 9.17) is 9.90 Å². The number of aryl methyl sites for hydroxylation is 1. The number of imidazole rings is 1. The lowest BCUT2D eigenvalue weighted by molar-refractivity contribution is -0.192. The number of alkyl halides is 3. The summed E-state index contributed by atoms with van der Waals surface area (Å²) in [5.74, 6) is -1.14. The maximum atomic E-state index is 12.8. The summed E-state index contributed by atoms with van der Waals surface area (Å²) in [4.78, 5) is 54.5. The molecule has 0 saturated heterocycles. The van der Waals surface area contributed by atoms with Gasteiger partial charge in [0.1, 0.15) is 17.1 Å². The summed E-state index contributed by atoms with van der Waals surface area (Å²) in [6.45, 7) is 4.91. The van der Waals surface area contributed by atoms with Crippen LogP contribution < -0.4 is 11.2 Å². The number of carboxylic acid groups (broad SMARTS) is 1. The largest absolute Gasteiger partial charge is 0.490 e. The molecule has 2 unspecified atom stereocenters. The van der Waals surface area contributed by atoms with Crippen molar-refractivity contribution in [3.8, 4) is 0 Å². The molecule has 12 heteroatoms. The molecule has 4 rings (SSSR count). The molecule has 2 N–H and O–H groups in total. The van der Waals surface area contributed by atoms with Gasteiger partial charge in [-0.25, -0.2) is 14.6 Å². The van der Waals surface area contributed by atoms with Gasteiger partial charge in [0.25, 0.3) is 5.56 Å². The highest BCUT2D eigenvalue weighted by Crippen LogP contribution is 2.45. The van der Waals surface area contributed by atoms with Crippen LogP contribution in [0.25, 0.3) is 11.2 Å². The maximum Gasteiger partial charge on any atom is 0.490 e. The fraction of sp³-hybridized carbons (Fsp3) is 0.667. The second-order valence-electron chi connectivity index (χ2n) is 8.56. The number of aromatic amines is 1. The zero-order valence-electron chi connectivity index (χ0n) is 18.4. The molecule has 182 valence electrons. The van der Waals surface area contributed by atoms with E-state index in [1.54, 1.807) is 4.57 Å². The molecule has 2 bridgehead atoms. The summed E-state index contributed by atoms with van der Waals surface area (Å²) in [6.07, 6.45) is -0.00768. The van der Waals surface area contributed by atoms with Crippen molar-refractivity contribution < 1.29 is 27.9 Å². The Morgan fingerprint density at radius 1 is 1.03 bits per heavy atom. The number of ketones is 1. The van der Waals surface area contributed by atoms with Gasteiger partial charge in [0.2, 0.25) is 0 Å². The predicted octanol–water partition coefficient (Wildman–Crippen LogP) is 2.81. The number of rotatable bonds is 5. The topological polar surface area (TPSA) is 127 Å². The number of hydrogen-bond donors (Lipinski definition) is 2. The van der Waals surface area contributed by atoms with Crippen LogP contribution in [0.5, 0.6) is 0 Å². The standard InChI is InChI=1S/C19H26N4O3.C2HF3O2/c1-3-7-22-17-14(18(25)23(8-4-2)19(22)26)20-16(21-17)13-9-11-5-6-12(10-13)15(11)24;3-2(4,5)1(6)7/h11-13H,3-10H2,1-2H3,(H,20,21);(H,6,7). The number of fused-ring (bicyclic) bond motifs is 3. The molecular formula is C21H27F3N4O5. The quantitative estimate of drug-likeness (QED) is 0.689. The average Bonchev–Trinajstić information content (AvgIpc) is 3.25. The number of aliphatic carboxylic acids is 1. The molecule has 0 aliphatic heterocycles. The molecule has 2 aliphatic carbocycles. The van der Waals surface area contributed by atoms with E-state index in [0.717, 1.165) is 44.3 Å². The normalized spacial score (nSPS) is 22.3. The number of aromatic nitrogens is 4. The van der Waals surface area contributed by atoms with Crippen LogP contribution in [-0.2, 0) is 22.7 Å². The Balaban J connectivity index is 0.000000383. The van der Waals surface area contributed by atoms with Crippen molar-refractivity contribution in [2.75, 3.05) is 0 Å². The van der Waals surface area contributed by atoms with E-state index in [9.17, 15) is 27.6 Å². The summed E-state index contributed by atoms with van der Waals surface area (Å²) in [5, 5.41) is 7.12. The number of Topliss-reactive ketones (excluding diaryl/α,β-unsaturated/α-hetero) is 1. The molecule has 2 fully saturated rings. The number of nitrogens with zero attached hydrogens (tertiary/aromatic N) is 3. The van der Waals surface area contributed by atoms with Crippen LogP contribution in [-0.4, -0.2) is 42.1 Å². The molecule has 33 heavy (non-hydrogen) atoms. The summed E-state index contributed by atoms with van der Waals surface area (Å²) < 4.78 is 34.7. The van der Waals surface area contributed by atoms with Gasteiger partial charge >= 0.3 is 17.8 Å². The summed E-state index contributed by atoms with van der Waals surface area (Å²) in [7, 11) is 0. The first-order chi connectivity index (χ1) is 15.5. The number of H-pyrrole nitrogens is 1. The molecule has 2 atom stereocenters. The minimum atomic E-state index is -5.08. The van der Waals surface area contributed by atoms with Gasteiger partial charge in [-0.3, -0.25) is 18.7 Å². The Bertz CT molecular complexity index is 1150. The van der Waals surface area contributed by atoms with E-state index in [2.05, 4.69) is 9.97 Å². The van der Waals surface area contributed by atoms with Crippen LogP contribution in [0.4, 0.5) is 13.2 Å². The Labute approximate surface area is 186 Å². The van der Waals surface area contributed by atoms with Crippen molar-refractivity contribution in [2.24, 2.45) is 11.8 Å². The van der Waals surface area contributed by atoms with E-state index in [-0.39, 0.29) is 29.0 Å². The average molecular weight is 472 g/mol. The predicted molar refractivity (Wildman–Crippen MR) is 112 cm³/mol. The van der Waals surface area contributed by atoms with Crippen molar-refractivity contribution in [3.63, 3.8) is 0 Å². The molecule has 2 aromatic rings. The van der Waals surface area contributed by atoms with Crippen LogP contribution >= 0.6 is 0 Å². The summed E-state index contributed by atoms with van der Waals surface area (Å²) in [6, 6.07) is 0. The molecular weight excluding hydrogens is 445 g/mol. The van der Waals surface area contributed by atoms with Crippen molar-refractivity contribution in [1.82, 2.24) is 19.1 Å². The van der Waals surface area contributed by atoms with E-state index in [1.165, 1.54) is 4.57 Å². The van der Waals surface area contributed by atoms with Crippen molar-refractivity contribution in [2.45, 2.75) is 77.6 Å². The van der Waals surface area contributed by atoms with Crippen molar-refractivity contribution in [1.29, 1.82) is 0 Å². The molecule has 0 radical (unpaired) electrons. The SMILES string of the molecule is CCCn1c(=O)c2[nH]c(C3CC4CCC(C3)C4=O)nc2n(CCC)c1=O.O=C(O)C(F)(F)F. The lowest BCUT2D eigenvalue weighted by atomic mass is 9.80. The number of carbonyl (C=O) groups excluding carboxylic acids is 1. The van der Waals surface area contributed by atoms with Gasteiger partial charge in [-0.2, -0.15) is 13.2 Å². The Hall–Kier alpha value is -2.92. The highest BCUT2D eigenvalue weighted by atomic mass is 19.4. The van der Waals surface area contributed by atoms with Gasteiger partial charge < -0.3 is 10.1 Å². The lowest BCUT2D eigenvalue weighted by Gasteiger charge is -2.24. The first kappa shape index (κ1) is 24.7. The zero-order chi connectivity index (χ0) is 24.5. The second-order valence-corrected chi connectivity index (χ2v) is 8.56. The molecule has 2 saturated carbocycles. The van der Waals surface area contributed by atoms with Crippen LogP contribution in [0, 0.1) is 11.8 Å². The number of hydrogen-bond acceptors (Lipinski definition) is 5. The lowest BCUT2D eigenvalue weighted by Crippen LogP contribution is -2.40. The first-order valence-corrected chi connectivity index (χ1v) is 11.1. The van der Waals surface area contributed by atoms with Crippen LogP contribution in [0.15, 0.2) is 9.59 Å². The minimum absolute atomic E-state index is 0.140. The molecule has 9 nitrogen and oxygen atoms in total. The number of carbonyl (C=O) groups is 2. The molecule has 2 heterocycles. The highest BCUT2D eigenvalue weighted by molar-refractivity contribution is 5.86. The van der Waals surface area contributed by atoms with Gasteiger partial charge in [0.05, 0.1) is 0 Å². The van der Waals surface area contributed by atoms with Crippen molar-refractivity contribution in [3.05, 3.63) is 26.7 Å². The molecule has 0 amide bonds. The van der Waals surface area contributed by atoms with E-state index < -0.39 is 12.1 Å². The number of halogens is 3. The van der Waals surface area contributed by atoms with Crippen molar-refractivity contribution >= 4 is 22.9 Å². The number of nitrogens with one attached hydrogen (secondary N) is 1. The molecule has 2 aliphatic rings. The fourth-order valence-corrected chi connectivity index (χ4v) is 4.72. The third-order valence-electron chi connectivity index (χ3n) is 6.21. The minimum Gasteiger partial charge on any atom is -0.475 e. The van der Waals surface area contributed by atoms with Crippen LogP contribution in [0.1, 0.15) is 64.1 Å². The zero-order valence-corrected chi connectivity index (χ0v) is 18.4. The van der Waals surface area contributed by atoms with Gasteiger partial charge in [-0.05, 0) is 38.5 Å². The van der Waals surface area contributed by atoms with Gasteiger partial charge in [0, 0.05) is 30.8 Å². The van der Waals surface area contributed by atoms with Crippen LogP contribution in [0.3, 0.4) is 0 Å². The third-order valence-corrected chi connectivity index (χ3v) is 6.21.